The number of aryl methyl sites for hydroxylation is 1. The van der Waals surface area contributed by atoms with Gasteiger partial charge in [-0.05, 0) is 37.6 Å². The van der Waals surface area contributed by atoms with Crippen LogP contribution in [0, 0.1) is 6.92 Å². The highest BCUT2D eigenvalue weighted by atomic mass is 16.5. The van der Waals surface area contributed by atoms with Crippen LogP contribution in [0.5, 0.6) is 0 Å². The van der Waals surface area contributed by atoms with Crippen molar-refractivity contribution in [3.8, 4) is 11.4 Å². The van der Waals surface area contributed by atoms with Crippen molar-refractivity contribution in [3.63, 3.8) is 0 Å². The molecule has 5 heteroatoms. The van der Waals surface area contributed by atoms with Gasteiger partial charge in [-0.15, -0.1) is 0 Å². The molecule has 5 nitrogen and oxygen atoms in total. The maximum absolute atomic E-state index is 5.51. The summed E-state index contributed by atoms with van der Waals surface area (Å²) >= 11 is 0. The van der Waals surface area contributed by atoms with Crippen LogP contribution in [0.25, 0.3) is 11.4 Å². The first kappa shape index (κ1) is 15.0. The van der Waals surface area contributed by atoms with E-state index in [4.69, 9.17) is 4.52 Å². The van der Waals surface area contributed by atoms with Gasteiger partial charge in [0.25, 0.3) is 0 Å². The molecular formula is C19H20N4O. The molecule has 0 bridgehead atoms. The fraction of sp³-hybridized carbons (Fsp3) is 0.316. The van der Waals surface area contributed by atoms with Gasteiger partial charge in [0.05, 0.1) is 5.92 Å². The molecule has 3 heterocycles. The Kier molecular flexibility index (Phi) is 4.09. The zero-order chi connectivity index (χ0) is 16.4. The summed E-state index contributed by atoms with van der Waals surface area (Å²) in [4.78, 5) is 11.1. The van der Waals surface area contributed by atoms with Crippen LogP contribution in [0.1, 0.15) is 29.4 Å². The lowest BCUT2D eigenvalue weighted by Gasteiger charge is -2.15. The lowest BCUT2D eigenvalue weighted by molar-refractivity contribution is 0.309. The first-order chi connectivity index (χ1) is 11.8. The van der Waals surface area contributed by atoms with E-state index in [2.05, 4.69) is 51.2 Å². The number of hydrogen-bond donors (Lipinski definition) is 0. The molecule has 0 amide bonds. The fourth-order valence-corrected chi connectivity index (χ4v) is 3.26. The Morgan fingerprint density at radius 1 is 1.25 bits per heavy atom. The minimum absolute atomic E-state index is 0.313. The molecule has 1 aromatic carbocycles. The topological polar surface area (TPSA) is 55.1 Å². The van der Waals surface area contributed by atoms with E-state index in [1.54, 1.807) is 12.4 Å². The van der Waals surface area contributed by atoms with Crippen LogP contribution < -0.4 is 0 Å². The molecule has 24 heavy (non-hydrogen) atoms. The van der Waals surface area contributed by atoms with Crippen LogP contribution in [-0.4, -0.2) is 33.1 Å². The molecule has 3 aromatic rings. The molecule has 2 aromatic heterocycles. The van der Waals surface area contributed by atoms with Gasteiger partial charge in [-0.3, -0.25) is 9.88 Å². The fourth-order valence-electron chi connectivity index (χ4n) is 3.26. The van der Waals surface area contributed by atoms with Crippen LogP contribution in [0.3, 0.4) is 0 Å². The van der Waals surface area contributed by atoms with Crippen molar-refractivity contribution in [2.45, 2.75) is 25.8 Å². The van der Waals surface area contributed by atoms with E-state index in [1.807, 2.05) is 12.1 Å². The Labute approximate surface area is 141 Å². The summed E-state index contributed by atoms with van der Waals surface area (Å²) < 4.78 is 5.51. The average Bonchev–Trinajstić information content (AvgIpc) is 3.25. The van der Waals surface area contributed by atoms with E-state index in [1.165, 1.54) is 11.1 Å². The smallest absolute Gasteiger partial charge is 0.231 e. The minimum Gasteiger partial charge on any atom is -0.339 e. The Bertz CT molecular complexity index is 815. The number of rotatable bonds is 4. The molecule has 1 aliphatic heterocycles. The summed E-state index contributed by atoms with van der Waals surface area (Å²) in [5.74, 6) is 1.67. The predicted molar refractivity (Wildman–Crippen MR) is 91.3 cm³/mol. The zero-order valence-electron chi connectivity index (χ0n) is 13.7. The van der Waals surface area contributed by atoms with Gasteiger partial charge in [0, 0.05) is 31.0 Å². The molecule has 122 valence electrons. The number of pyridine rings is 1. The highest BCUT2D eigenvalue weighted by Crippen LogP contribution is 2.28. The monoisotopic (exact) mass is 320 g/mol. The zero-order valence-corrected chi connectivity index (χ0v) is 13.7. The molecule has 1 aliphatic rings. The third-order valence-corrected chi connectivity index (χ3v) is 4.47. The largest absolute Gasteiger partial charge is 0.339 e. The molecule has 1 atom stereocenters. The van der Waals surface area contributed by atoms with E-state index >= 15 is 0 Å². The van der Waals surface area contributed by atoms with E-state index < -0.39 is 0 Å². The molecule has 0 aliphatic carbocycles. The summed E-state index contributed by atoms with van der Waals surface area (Å²) in [5, 5.41) is 4.11. The van der Waals surface area contributed by atoms with Crippen LogP contribution in [0.15, 0.2) is 53.3 Å². The van der Waals surface area contributed by atoms with Crippen molar-refractivity contribution in [2.75, 3.05) is 13.1 Å². The average molecular weight is 320 g/mol. The van der Waals surface area contributed by atoms with Crippen LogP contribution in [-0.2, 0) is 6.54 Å². The van der Waals surface area contributed by atoms with Gasteiger partial charge in [-0.2, -0.15) is 4.98 Å². The number of nitrogens with zero attached hydrogens (tertiary/aromatic N) is 4. The number of hydrogen-bond acceptors (Lipinski definition) is 5. The lowest BCUT2D eigenvalue weighted by atomic mass is 10.1. The molecule has 4 rings (SSSR count). The van der Waals surface area contributed by atoms with Crippen LogP contribution in [0.2, 0.25) is 0 Å². The maximum atomic E-state index is 5.51. The molecular weight excluding hydrogens is 300 g/mol. The van der Waals surface area contributed by atoms with E-state index in [0.717, 1.165) is 37.5 Å². The van der Waals surface area contributed by atoms with Crippen LogP contribution in [0.4, 0.5) is 0 Å². The third-order valence-electron chi connectivity index (χ3n) is 4.47. The second-order valence-corrected chi connectivity index (χ2v) is 6.41. The van der Waals surface area contributed by atoms with Crippen molar-refractivity contribution in [1.82, 2.24) is 20.0 Å². The molecule has 0 saturated carbocycles. The van der Waals surface area contributed by atoms with Gasteiger partial charge < -0.3 is 4.52 Å². The SMILES string of the molecule is Cc1cccc(CN2CCC(c3nc(-c4cccnc4)no3)C2)c1. The Morgan fingerprint density at radius 3 is 3.04 bits per heavy atom. The predicted octanol–water partition coefficient (Wildman–Crippen LogP) is 3.43. The summed E-state index contributed by atoms with van der Waals surface area (Å²) in [6.07, 6.45) is 4.55. The number of likely N-dealkylation sites (tertiary alicyclic amines) is 1. The van der Waals surface area contributed by atoms with Gasteiger partial charge in [0.2, 0.25) is 11.7 Å². The Hall–Kier alpha value is -2.53. The third kappa shape index (κ3) is 3.21. The lowest BCUT2D eigenvalue weighted by Crippen LogP contribution is -2.19. The summed E-state index contributed by atoms with van der Waals surface area (Å²) in [7, 11) is 0. The minimum atomic E-state index is 0.313. The molecule has 0 spiro atoms. The highest BCUT2D eigenvalue weighted by Gasteiger charge is 2.28. The van der Waals surface area contributed by atoms with Crippen molar-refractivity contribution >= 4 is 0 Å². The molecule has 0 radical (unpaired) electrons. The Morgan fingerprint density at radius 2 is 2.21 bits per heavy atom. The standard InChI is InChI=1S/C19H20N4O/c1-14-4-2-5-15(10-14)12-23-9-7-17(13-23)19-21-18(22-24-19)16-6-3-8-20-11-16/h2-6,8,10-11,17H,7,9,12-13H2,1H3. The van der Waals surface area contributed by atoms with Gasteiger partial charge in [-0.25, -0.2) is 0 Å². The molecule has 1 unspecified atom stereocenters. The number of aromatic nitrogens is 3. The van der Waals surface area contributed by atoms with E-state index in [-0.39, 0.29) is 0 Å². The Balaban J connectivity index is 1.43. The van der Waals surface area contributed by atoms with Gasteiger partial charge in [-0.1, -0.05) is 35.0 Å². The van der Waals surface area contributed by atoms with E-state index in [9.17, 15) is 0 Å². The van der Waals surface area contributed by atoms with Crippen LogP contribution >= 0.6 is 0 Å². The quantitative estimate of drug-likeness (QED) is 0.737. The van der Waals surface area contributed by atoms with Crippen molar-refractivity contribution < 1.29 is 4.52 Å². The van der Waals surface area contributed by atoms with Gasteiger partial charge in [0.15, 0.2) is 0 Å². The number of benzene rings is 1. The highest BCUT2D eigenvalue weighted by molar-refractivity contribution is 5.51. The first-order valence-electron chi connectivity index (χ1n) is 8.30. The second kappa shape index (κ2) is 6.53. The van der Waals surface area contributed by atoms with E-state index in [0.29, 0.717) is 11.7 Å². The van der Waals surface area contributed by atoms with Gasteiger partial charge in [0.1, 0.15) is 0 Å². The van der Waals surface area contributed by atoms with Gasteiger partial charge >= 0.3 is 0 Å². The molecule has 1 saturated heterocycles. The van der Waals surface area contributed by atoms with Crippen molar-refractivity contribution in [1.29, 1.82) is 0 Å². The first-order valence-corrected chi connectivity index (χ1v) is 8.30. The molecule has 0 N–H and O–H groups in total. The second-order valence-electron chi connectivity index (χ2n) is 6.41. The summed E-state index contributed by atoms with van der Waals surface area (Å²) in [6, 6.07) is 12.5. The summed E-state index contributed by atoms with van der Waals surface area (Å²) in [6.45, 7) is 5.13. The summed E-state index contributed by atoms with van der Waals surface area (Å²) in [5.41, 5.74) is 3.56. The maximum Gasteiger partial charge on any atom is 0.231 e. The van der Waals surface area contributed by atoms with Crippen molar-refractivity contribution in [3.05, 3.63) is 65.8 Å². The van der Waals surface area contributed by atoms with Crippen molar-refractivity contribution in [2.24, 2.45) is 0 Å². The normalized spacial score (nSPS) is 18.1. The molecule has 1 fully saturated rings.